The van der Waals surface area contributed by atoms with Crippen LogP contribution in [0.1, 0.15) is 38.3 Å². The van der Waals surface area contributed by atoms with E-state index in [2.05, 4.69) is 23.6 Å². The van der Waals surface area contributed by atoms with Crippen LogP contribution in [-0.2, 0) is 13.0 Å². The van der Waals surface area contributed by atoms with E-state index in [1.165, 1.54) is 31.4 Å². The number of halogens is 1. The maximum atomic E-state index is 8.93. The van der Waals surface area contributed by atoms with Crippen molar-refractivity contribution in [3.05, 3.63) is 30.1 Å². The minimum Gasteiger partial charge on any atom is -1.00 e. The van der Waals surface area contributed by atoms with Gasteiger partial charge >= 0.3 is 0 Å². The van der Waals surface area contributed by atoms with Gasteiger partial charge in [0, 0.05) is 18.6 Å². The highest BCUT2D eigenvalue weighted by molar-refractivity contribution is 4.97. The molecule has 1 aromatic rings. The van der Waals surface area contributed by atoms with Gasteiger partial charge in [-0.25, -0.2) is 4.57 Å². The summed E-state index contributed by atoms with van der Waals surface area (Å²) in [6.45, 7) is 3.16. The van der Waals surface area contributed by atoms with Crippen molar-refractivity contribution in [2.24, 2.45) is 0 Å². The lowest BCUT2D eigenvalue weighted by Gasteiger charge is -2.02. The van der Waals surface area contributed by atoms with Gasteiger partial charge in [-0.1, -0.05) is 32.3 Å². The molecular weight excluding hydrogens is 222 g/mol. The fourth-order valence-electron chi connectivity index (χ4n) is 1.80. The summed E-state index contributed by atoms with van der Waals surface area (Å²) in [4.78, 5) is 0. The normalized spacial score (nSPS) is 9.88. The number of aryl methyl sites for hydroxylation is 1. The number of unbranched alkanes of at least 4 members (excludes halogenated alkanes) is 3. The van der Waals surface area contributed by atoms with Crippen LogP contribution in [0.5, 0.6) is 0 Å². The van der Waals surface area contributed by atoms with E-state index in [9.17, 15) is 0 Å². The Labute approximate surface area is 105 Å². The minimum absolute atomic E-state index is 0. The maximum absolute atomic E-state index is 8.93. The highest BCUT2D eigenvalue weighted by atomic mass is 35.5. The van der Waals surface area contributed by atoms with E-state index in [4.69, 9.17) is 5.11 Å². The Hall–Kier alpha value is -0.600. The van der Waals surface area contributed by atoms with E-state index in [1.807, 2.05) is 12.3 Å². The molecule has 0 unspecified atom stereocenters. The van der Waals surface area contributed by atoms with Gasteiger partial charge in [0.1, 0.15) is 6.61 Å². The first kappa shape index (κ1) is 15.4. The summed E-state index contributed by atoms with van der Waals surface area (Å²) >= 11 is 0. The fourth-order valence-corrected chi connectivity index (χ4v) is 1.80. The second-order valence-corrected chi connectivity index (χ2v) is 3.92. The van der Waals surface area contributed by atoms with Crippen molar-refractivity contribution >= 4 is 0 Å². The average molecular weight is 244 g/mol. The van der Waals surface area contributed by atoms with Crippen LogP contribution < -0.4 is 17.0 Å². The lowest BCUT2D eigenvalue weighted by Crippen LogP contribution is -3.00. The SMILES string of the molecule is CCCCCCc1cccc[n+]1CCO.[Cl-]. The zero-order valence-electron chi connectivity index (χ0n) is 10.0. The van der Waals surface area contributed by atoms with Crippen LogP contribution in [0, 0.1) is 0 Å². The molecule has 0 saturated carbocycles. The van der Waals surface area contributed by atoms with E-state index >= 15 is 0 Å². The third-order valence-electron chi connectivity index (χ3n) is 2.66. The molecule has 1 N–H and O–H groups in total. The molecule has 0 amide bonds. The van der Waals surface area contributed by atoms with Crippen molar-refractivity contribution in [1.82, 2.24) is 0 Å². The molecule has 0 aliphatic carbocycles. The van der Waals surface area contributed by atoms with E-state index in [0.29, 0.717) is 6.54 Å². The smallest absolute Gasteiger partial charge is 0.181 e. The summed E-state index contributed by atoms with van der Waals surface area (Å²) in [6.07, 6.45) is 8.35. The van der Waals surface area contributed by atoms with Crippen LogP contribution >= 0.6 is 0 Å². The van der Waals surface area contributed by atoms with Crippen molar-refractivity contribution in [2.75, 3.05) is 6.61 Å². The first-order valence-electron chi connectivity index (χ1n) is 5.96. The van der Waals surface area contributed by atoms with Crippen LogP contribution in [0.15, 0.2) is 24.4 Å². The lowest BCUT2D eigenvalue weighted by atomic mass is 10.1. The van der Waals surface area contributed by atoms with Gasteiger partial charge in [0.2, 0.25) is 0 Å². The molecular formula is C13H22ClNO. The predicted molar refractivity (Wildman–Crippen MR) is 61.6 cm³/mol. The number of pyridine rings is 1. The van der Waals surface area contributed by atoms with E-state index < -0.39 is 0 Å². The van der Waals surface area contributed by atoms with Crippen LogP contribution in [-0.4, -0.2) is 11.7 Å². The first-order chi connectivity index (χ1) is 7.38. The molecule has 0 aliphatic heterocycles. The average Bonchev–Trinajstić information content (AvgIpc) is 2.27. The van der Waals surface area contributed by atoms with Crippen LogP contribution in [0.3, 0.4) is 0 Å². The Morgan fingerprint density at radius 3 is 2.69 bits per heavy atom. The number of rotatable bonds is 7. The summed E-state index contributed by atoms with van der Waals surface area (Å²) in [5.74, 6) is 0. The zero-order valence-corrected chi connectivity index (χ0v) is 10.8. The Morgan fingerprint density at radius 2 is 2.00 bits per heavy atom. The van der Waals surface area contributed by atoms with Crippen molar-refractivity contribution in [1.29, 1.82) is 0 Å². The number of hydrogen-bond acceptors (Lipinski definition) is 1. The Balaban J connectivity index is 0.00000225. The molecule has 0 aliphatic rings. The summed E-state index contributed by atoms with van der Waals surface area (Å²) in [7, 11) is 0. The molecule has 3 heteroatoms. The quantitative estimate of drug-likeness (QED) is 0.487. The van der Waals surface area contributed by atoms with Gasteiger partial charge in [-0.05, 0) is 6.42 Å². The molecule has 0 spiro atoms. The Morgan fingerprint density at radius 1 is 1.19 bits per heavy atom. The number of hydrogen-bond donors (Lipinski definition) is 1. The first-order valence-corrected chi connectivity index (χ1v) is 5.96. The molecule has 92 valence electrons. The lowest BCUT2D eigenvalue weighted by molar-refractivity contribution is -0.705. The number of aliphatic hydroxyl groups excluding tert-OH is 1. The molecule has 1 aromatic heterocycles. The maximum Gasteiger partial charge on any atom is 0.181 e. The third-order valence-corrected chi connectivity index (χ3v) is 2.66. The summed E-state index contributed by atoms with van der Waals surface area (Å²) in [5, 5.41) is 8.93. The van der Waals surface area contributed by atoms with E-state index in [0.717, 1.165) is 6.42 Å². The van der Waals surface area contributed by atoms with E-state index in [1.54, 1.807) is 0 Å². The Kier molecular flexibility index (Phi) is 9.25. The van der Waals surface area contributed by atoms with Gasteiger partial charge in [-0.3, -0.25) is 0 Å². The Bertz CT molecular complexity index is 278. The topological polar surface area (TPSA) is 24.1 Å². The molecule has 2 nitrogen and oxygen atoms in total. The molecule has 0 radical (unpaired) electrons. The fraction of sp³-hybridized carbons (Fsp3) is 0.615. The largest absolute Gasteiger partial charge is 1.00 e. The predicted octanol–water partition coefficient (Wildman–Crippen LogP) is -0.907. The van der Waals surface area contributed by atoms with Crippen molar-refractivity contribution < 1.29 is 22.1 Å². The summed E-state index contributed by atoms with van der Waals surface area (Å²) in [5.41, 5.74) is 1.34. The highest BCUT2D eigenvalue weighted by Gasteiger charge is 2.07. The van der Waals surface area contributed by atoms with Crippen LogP contribution in [0.4, 0.5) is 0 Å². The number of nitrogens with zero attached hydrogens (tertiary/aromatic N) is 1. The monoisotopic (exact) mass is 243 g/mol. The second-order valence-electron chi connectivity index (χ2n) is 3.92. The molecule has 0 atom stereocenters. The van der Waals surface area contributed by atoms with Gasteiger partial charge < -0.3 is 17.5 Å². The van der Waals surface area contributed by atoms with Crippen molar-refractivity contribution in [3.63, 3.8) is 0 Å². The van der Waals surface area contributed by atoms with Gasteiger partial charge in [0.15, 0.2) is 18.4 Å². The third kappa shape index (κ3) is 5.47. The minimum atomic E-state index is 0. The molecule has 1 rings (SSSR count). The molecule has 1 heterocycles. The molecule has 0 fully saturated rings. The van der Waals surface area contributed by atoms with Gasteiger partial charge in [0.25, 0.3) is 0 Å². The van der Waals surface area contributed by atoms with Gasteiger partial charge in [0.05, 0.1) is 0 Å². The molecule has 0 aromatic carbocycles. The van der Waals surface area contributed by atoms with Crippen molar-refractivity contribution in [2.45, 2.75) is 45.6 Å². The number of aromatic nitrogens is 1. The van der Waals surface area contributed by atoms with Gasteiger partial charge in [-0.15, -0.1) is 0 Å². The molecule has 0 bridgehead atoms. The van der Waals surface area contributed by atoms with Gasteiger partial charge in [-0.2, -0.15) is 0 Å². The molecule has 0 saturated heterocycles. The standard InChI is InChI=1S/C13H22NO.ClH/c1-2-3-4-5-8-13-9-6-7-10-14(13)11-12-15;/h6-7,9-10,15H,2-5,8,11-12H2,1H3;1H/q+1;/p-1. The highest BCUT2D eigenvalue weighted by Crippen LogP contribution is 2.04. The second kappa shape index (κ2) is 9.61. The zero-order chi connectivity index (χ0) is 10.9. The molecule has 16 heavy (non-hydrogen) atoms. The summed E-state index contributed by atoms with van der Waals surface area (Å²) in [6, 6.07) is 6.25. The summed E-state index contributed by atoms with van der Waals surface area (Å²) < 4.78 is 2.14. The van der Waals surface area contributed by atoms with Crippen LogP contribution in [0.25, 0.3) is 0 Å². The van der Waals surface area contributed by atoms with Crippen LogP contribution in [0.2, 0.25) is 0 Å². The number of aliphatic hydroxyl groups is 1. The van der Waals surface area contributed by atoms with E-state index in [-0.39, 0.29) is 19.0 Å². The van der Waals surface area contributed by atoms with Crippen molar-refractivity contribution in [3.8, 4) is 0 Å².